The van der Waals surface area contributed by atoms with Gasteiger partial charge in [0.2, 0.25) is 11.8 Å². The van der Waals surface area contributed by atoms with Crippen LogP contribution in [0.25, 0.3) is 0 Å². The average molecular weight is 317 g/mol. The summed E-state index contributed by atoms with van der Waals surface area (Å²) in [5.41, 5.74) is 5.01. The first-order valence-electron chi connectivity index (χ1n) is 6.71. The summed E-state index contributed by atoms with van der Waals surface area (Å²) in [5.74, 6) is -2.44. The van der Waals surface area contributed by atoms with E-state index in [0.29, 0.717) is 0 Å². The molecule has 2 aliphatic rings. The van der Waals surface area contributed by atoms with Crippen molar-refractivity contribution in [2.45, 2.75) is 18.9 Å². The van der Waals surface area contributed by atoms with Gasteiger partial charge in [0.25, 0.3) is 11.8 Å². The summed E-state index contributed by atoms with van der Waals surface area (Å²) >= 11 is 0. The van der Waals surface area contributed by atoms with Crippen molar-refractivity contribution < 1.29 is 28.7 Å². The zero-order chi connectivity index (χ0) is 16.7. The molecule has 9 nitrogen and oxygen atoms in total. The highest BCUT2D eigenvalue weighted by Crippen LogP contribution is 2.30. The Balaban J connectivity index is 1.92. The minimum Gasteiger partial charge on any atom is -0.410 e. The standard InChI is InChI=1S/C14H11N3O6/c15-14(22)23-6-1-2-7-8(5-6)13(21)17(12(7)20)9-3-4-10(18)16-11(9)19/h1-2,5,9H,3-4H2,(H2,15,22)(H,16,18,19). The van der Waals surface area contributed by atoms with Crippen LogP contribution in [0.4, 0.5) is 4.79 Å². The molecule has 1 aromatic carbocycles. The SMILES string of the molecule is NC(=O)Oc1ccc2c(c1)C(=O)N(C1CCC(=O)NC1=O)C2=O. The molecule has 9 heteroatoms. The van der Waals surface area contributed by atoms with E-state index in [0.717, 1.165) is 4.90 Å². The smallest absolute Gasteiger partial charge is 0.409 e. The van der Waals surface area contributed by atoms with Crippen LogP contribution in [-0.2, 0) is 9.59 Å². The Bertz CT molecular complexity index is 772. The van der Waals surface area contributed by atoms with Gasteiger partial charge in [0.1, 0.15) is 11.8 Å². The van der Waals surface area contributed by atoms with Gasteiger partial charge in [-0.15, -0.1) is 0 Å². The van der Waals surface area contributed by atoms with Crippen molar-refractivity contribution in [3.05, 3.63) is 29.3 Å². The predicted octanol–water partition coefficient (Wildman–Crippen LogP) is -0.455. The van der Waals surface area contributed by atoms with Crippen LogP contribution in [0, 0.1) is 0 Å². The van der Waals surface area contributed by atoms with Gasteiger partial charge in [-0.1, -0.05) is 0 Å². The Morgan fingerprint density at radius 3 is 2.52 bits per heavy atom. The summed E-state index contributed by atoms with van der Waals surface area (Å²) in [4.78, 5) is 59.5. The van der Waals surface area contributed by atoms with Gasteiger partial charge in [-0.3, -0.25) is 29.4 Å². The van der Waals surface area contributed by atoms with Gasteiger partial charge in [-0.05, 0) is 24.6 Å². The third-order valence-electron chi connectivity index (χ3n) is 3.63. The molecule has 1 aromatic rings. The normalized spacial score (nSPS) is 20.3. The fraction of sp³-hybridized carbons (Fsp3) is 0.214. The molecule has 2 aliphatic heterocycles. The third-order valence-corrected chi connectivity index (χ3v) is 3.63. The van der Waals surface area contributed by atoms with Crippen molar-refractivity contribution >= 4 is 29.7 Å². The van der Waals surface area contributed by atoms with Crippen LogP contribution in [0.2, 0.25) is 0 Å². The molecule has 0 radical (unpaired) electrons. The molecule has 1 fully saturated rings. The highest BCUT2D eigenvalue weighted by molar-refractivity contribution is 6.23. The van der Waals surface area contributed by atoms with E-state index in [4.69, 9.17) is 5.73 Å². The number of hydrogen-bond acceptors (Lipinski definition) is 6. The number of fused-ring (bicyclic) bond motifs is 1. The van der Waals surface area contributed by atoms with Gasteiger partial charge in [-0.25, -0.2) is 4.79 Å². The second kappa shape index (κ2) is 5.20. The van der Waals surface area contributed by atoms with Crippen LogP contribution in [0.3, 0.4) is 0 Å². The summed E-state index contributed by atoms with van der Waals surface area (Å²) in [6.07, 6.45) is -0.940. The van der Waals surface area contributed by atoms with Crippen LogP contribution >= 0.6 is 0 Å². The maximum Gasteiger partial charge on any atom is 0.409 e. The number of carbonyl (C=O) groups is 5. The fourth-order valence-corrected chi connectivity index (χ4v) is 2.63. The van der Waals surface area contributed by atoms with Gasteiger partial charge in [0.15, 0.2) is 0 Å². The summed E-state index contributed by atoms with van der Waals surface area (Å²) in [6.45, 7) is 0. The Morgan fingerprint density at radius 2 is 1.87 bits per heavy atom. The van der Waals surface area contributed by atoms with E-state index >= 15 is 0 Å². The number of imide groups is 2. The van der Waals surface area contributed by atoms with Gasteiger partial charge < -0.3 is 10.5 Å². The molecule has 118 valence electrons. The van der Waals surface area contributed by atoms with Gasteiger partial charge in [0.05, 0.1) is 11.1 Å². The molecule has 0 aliphatic carbocycles. The predicted molar refractivity (Wildman–Crippen MR) is 73.3 cm³/mol. The Kier molecular flexibility index (Phi) is 3.32. The molecule has 0 saturated carbocycles. The van der Waals surface area contributed by atoms with E-state index in [2.05, 4.69) is 10.1 Å². The van der Waals surface area contributed by atoms with Crippen LogP contribution < -0.4 is 15.8 Å². The number of nitrogens with zero attached hydrogens (tertiary/aromatic N) is 1. The van der Waals surface area contributed by atoms with E-state index in [1.165, 1.54) is 18.2 Å². The van der Waals surface area contributed by atoms with E-state index in [-0.39, 0.29) is 29.7 Å². The topological polar surface area (TPSA) is 136 Å². The van der Waals surface area contributed by atoms with E-state index < -0.39 is 35.8 Å². The molecule has 0 aromatic heterocycles. The number of nitrogens with two attached hydrogens (primary N) is 1. The number of ether oxygens (including phenoxy) is 1. The lowest BCUT2D eigenvalue weighted by molar-refractivity contribution is -0.136. The maximum atomic E-state index is 12.4. The van der Waals surface area contributed by atoms with Crippen molar-refractivity contribution in [2.75, 3.05) is 0 Å². The van der Waals surface area contributed by atoms with Crippen molar-refractivity contribution in [3.63, 3.8) is 0 Å². The molecule has 0 spiro atoms. The lowest BCUT2D eigenvalue weighted by Crippen LogP contribution is -2.54. The molecule has 0 bridgehead atoms. The first-order valence-corrected chi connectivity index (χ1v) is 6.71. The molecule has 3 N–H and O–H groups in total. The zero-order valence-corrected chi connectivity index (χ0v) is 11.7. The molecule has 1 atom stereocenters. The number of benzene rings is 1. The lowest BCUT2D eigenvalue weighted by atomic mass is 10.0. The van der Waals surface area contributed by atoms with Crippen LogP contribution in [-0.4, -0.2) is 40.7 Å². The second-order valence-electron chi connectivity index (χ2n) is 5.08. The van der Waals surface area contributed by atoms with E-state index in [1.54, 1.807) is 0 Å². The highest BCUT2D eigenvalue weighted by atomic mass is 16.5. The number of amides is 5. The molecule has 2 heterocycles. The largest absolute Gasteiger partial charge is 0.410 e. The summed E-state index contributed by atoms with van der Waals surface area (Å²) in [7, 11) is 0. The van der Waals surface area contributed by atoms with Crippen molar-refractivity contribution in [3.8, 4) is 5.75 Å². The van der Waals surface area contributed by atoms with Crippen LogP contribution in [0.5, 0.6) is 5.75 Å². The number of rotatable bonds is 2. The minimum atomic E-state index is -1.05. The molecule has 1 saturated heterocycles. The lowest BCUT2D eigenvalue weighted by Gasteiger charge is -2.27. The van der Waals surface area contributed by atoms with Crippen molar-refractivity contribution in [1.82, 2.24) is 10.2 Å². The fourth-order valence-electron chi connectivity index (χ4n) is 2.63. The number of primary amides is 1. The summed E-state index contributed by atoms with van der Waals surface area (Å²) in [6, 6.07) is 2.81. The van der Waals surface area contributed by atoms with Crippen molar-refractivity contribution in [1.29, 1.82) is 0 Å². The molecular formula is C14H11N3O6. The number of hydrogen-bond donors (Lipinski definition) is 2. The van der Waals surface area contributed by atoms with Crippen LogP contribution in [0.1, 0.15) is 33.6 Å². The van der Waals surface area contributed by atoms with E-state index in [9.17, 15) is 24.0 Å². The number of nitrogens with one attached hydrogen (secondary N) is 1. The first kappa shape index (κ1) is 14.7. The third kappa shape index (κ3) is 2.41. The minimum absolute atomic E-state index is 0.0125. The first-order chi connectivity index (χ1) is 10.9. The summed E-state index contributed by atoms with van der Waals surface area (Å²) < 4.78 is 4.67. The second-order valence-corrected chi connectivity index (χ2v) is 5.08. The molecule has 5 amide bonds. The molecule has 3 rings (SSSR count). The van der Waals surface area contributed by atoms with E-state index in [1.807, 2.05) is 0 Å². The Morgan fingerprint density at radius 1 is 1.17 bits per heavy atom. The molecular weight excluding hydrogens is 306 g/mol. The van der Waals surface area contributed by atoms with Gasteiger partial charge in [-0.2, -0.15) is 0 Å². The average Bonchev–Trinajstić information content (AvgIpc) is 2.71. The van der Waals surface area contributed by atoms with Crippen molar-refractivity contribution in [2.24, 2.45) is 5.73 Å². The number of carbonyl (C=O) groups excluding carboxylic acids is 5. The quantitative estimate of drug-likeness (QED) is 0.709. The zero-order valence-electron chi connectivity index (χ0n) is 11.7. The Hall–Kier alpha value is -3.23. The summed E-state index contributed by atoms with van der Waals surface area (Å²) in [5, 5.41) is 2.10. The van der Waals surface area contributed by atoms with Gasteiger partial charge >= 0.3 is 6.09 Å². The molecule has 1 unspecified atom stereocenters. The maximum absolute atomic E-state index is 12.4. The van der Waals surface area contributed by atoms with Gasteiger partial charge in [0, 0.05) is 6.42 Å². The van der Waals surface area contributed by atoms with Crippen LogP contribution in [0.15, 0.2) is 18.2 Å². The molecule has 23 heavy (non-hydrogen) atoms. The number of piperidine rings is 1. The highest BCUT2D eigenvalue weighted by Gasteiger charge is 2.44. The Labute approximate surface area is 129 Å². The monoisotopic (exact) mass is 317 g/mol.